The molecule has 2 atom stereocenters. The monoisotopic (exact) mass is 441 g/mol. The first-order valence-electron chi connectivity index (χ1n) is 13.0. The van der Waals surface area contributed by atoms with Gasteiger partial charge in [-0.15, -0.1) is 0 Å². The summed E-state index contributed by atoms with van der Waals surface area (Å²) in [5, 5.41) is 0. The molecule has 0 N–H and O–H groups in total. The van der Waals surface area contributed by atoms with Gasteiger partial charge in [-0.3, -0.25) is 4.90 Å². The predicted molar refractivity (Wildman–Crippen MR) is 129 cm³/mol. The van der Waals surface area contributed by atoms with Crippen molar-refractivity contribution in [2.45, 2.75) is 130 Å². The van der Waals surface area contributed by atoms with Gasteiger partial charge in [0, 0.05) is 7.05 Å². The Morgan fingerprint density at radius 2 is 1.26 bits per heavy atom. The minimum absolute atomic E-state index is 0.357. The molecule has 0 saturated heterocycles. The summed E-state index contributed by atoms with van der Waals surface area (Å²) < 4.78 is 10.8. The summed E-state index contributed by atoms with van der Waals surface area (Å²) >= 11 is 0. The fourth-order valence-electron chi connectivity index (χ4n) is 3.56. The van der Waals surface area contributed by atoms with E-state index in [0.29, 0.717) is 19.1 Å². The van der Waals surface area contributed by atoms with Crippen molar-refractivity contribution in [2.75, 3.05) is 20.3 Å². The van der Waals surface area contributed by atoms with Gasteiger partial charge in [0.1, 0.15) is 6.04 Å². The zero-order valence-corrected chi connectivity index (χ0v) is 21.3. The summed E-state index contributed by atoms with van der Waals surface area (Å²) in [6.07, 6.45) is 17.8. The molecule has 0 aromatic carbocycles. The van der Waals surface area contributed by atoms with Crippen LogP contribution >= 0.6 is 0 Å². The number of rotatable bonds is 20. The Balaban J connectivity index is 3.81. The number of ether oxygens (including phenoxy) is 2. The van der Waals surface area contributed by atoms with Crippen molar-refractivity contribution in [1.29, 1.82) is 0 Å². The van der Waals surface area contributed by atoms with Crippen molar-refractivity contribution in [3.8, 4) is 0 Å². The molecule has 0 rings (SSSR count). The van der Waals surface area contributed by atoms with Gasteiger partial charge in [-0.05, 0) is 25.7 Å². The van der Waals surface area contributed by atoms with Crippen molar-refractivity contribution in [3.05, 3.63) is 0 Å². The maximum absolute atomic E-state index is 12.3. The highest BCUT2D eigenvalue weighted by atomic mass is 16.6. The standard InChI is InChI=1S/C26H51NO4/c1-6-9-11-12-13-14-15-16-17-18-19-21-30-25(28)23(4)27(5)26(29)31-22-24(8-3)20-10-7-2/h23-24H,6-22H2,1-5H3. The molecule has 0 heterocycles. The van der Waals surface area contributed by atoms with E-state index < -0.39 is 12.1 Å². The first-order chi connectivity index (χ1) is 15.0. The van der Waals surface area contributed by atoms with E-state index in [4.69, 9.17) is 9.47 Å². The molecule has 0 aromatic heterocycles. The molecule has 2 unspecified atom stereocenters. The van der Waals surface area contributed by atoms with Crippen LogP contribution in [0.2, 0.25) is 0 Å². The van der Waals surface area contributed by atoms with E-state index in [1.807, 2.05) is 0 Å². The zero-order valence-electron chi connectivity index (χ0n) is 21.3. The first kappa shape index (κ1) is 29.7. The minimum atomic E-state index is -0.629. The summed E-state index contributed by atoms with van der Waals surface area (Å²) in [6, 6.07) is -0.629. The molecule has 0 saturated carbocycles. The number of unbranched alkanes of at least 4 members (excludes halogenated alkanes) is 11. The van der Waals surface area contributed by atoms with Crippen LogP contribution in [0.4, 0.5) is 4.79 Å². The quantitative estimate of drug-likeness (QED) is 0.145. The van der Waals surface area contributed by atoms with Crippen molar-refractivity contribution in [3.63, 3.8) is 0 Å². The van der Waals surface area contributed by atoms with Crippen LogP contribution in [-0.4, -0.2) is 43.3 Å². The second-order valence-corrected chi connectivity index (χ2v) is 8.98. The molecule has 0 aromatic rings. The maximum atomic E-state index is 12.3. The molecule has 0 aliphatic rings. The van der Waals surface area contributed by atoms with Gasteiger partial charge >= 0.3 is 12.1 Å². The Labute approximate surface area is 192 Å². The molecule has 0 aliphatic heterocycles. The van der Waals surface area contributed by atoms with E-state index >= 15 is 0 Å². The Morgan fingerprint density at radius 3 is 1.77 bits per heavy atom. The highest BCUT2D eigenvalue weighted by molar-refractivity contribution is 5.80. The summed E-state index contributed by atoms with van der Waals surface area (Å²) in [5.74, 6) is 0.0326. The van der Waals surface area contributed by atoms with Crippen LogP contribution in [0.3, 0.4) is 0 Å². The van der Waals surface area contributed by atoms with Gasteiger partial charge in [-0.2, -0.15) is 0 Å². The lowest BCUT2D eigenvalue weighted by atomic mass is 10.0. The van der Waals surface area contributed by atoms with E-state index in [9.17, 15) is 9.59 Å². The fourth-order valence-corrected chi connectivity index (χ4v) is 3.56. The average molecular weight is 442 g/mol. The first-order valence-corrected chi connectivity index (χ1v) is 13.0. The predicted octanol–water partition coefficient (Wildman–Crippen LogP) is 7.51. The number of hydrogen-bond donors (Lipinski definition) is 0. The summed E-state index contributed by atoms with van der Waals surface area (Å²) in [7, 11) is 1.60. The van der Waals surface area contributed by atoms with E-state index in [0.717, 1.165) is 38.5 Å². The van der Waals surface area contributed by atoms with Gasteiger partial charge in [0.05, 0.1) is 13.2 Å². The zero-order chi connectivity index (χ0) is 23.3. The number of nitrogens with zero attached hydrogens (tertiary/aromatic N) is 1. The van der Waals surface area contributed by atoms with Crippen molar-refractivity contribution < 1.29 is 19.1 Å². The topological polar surface area (TPSA) is 55.8 Å². The third-order valence-electron chi connectivity index (χ3n) is 6.19. The lowest BCUT2D eigenvalue weighted by molar-refractivity contribution is -0.148. The number of carbonyl (C=O) groups is 2. The van der Waals surface area contributed by atoms with E-state index in [-0.39, 0.29) is 5.97 Å². The molecule has 31 heavy (non-hydrogen) atoms. The highest BCUT2D eigenvalue weighted by Gasteiger charge is 2.25. The highest BCUT2D eigenvalue weighted by Crippen LogP contribution is 2.14. The third-order valence-corrected chi connectivity index (χ3v) is 6.19. The van der Waals surface area contributed by atoms with Crippen LogP contribution in [0.5, 0.6) is 0 Å². The summed E-state index contributed by atoms with van der Waals surface area (Å²) in [4.78, 5) is 25.8. The number of esters is 1. The van der Waals surface area contributed by atoms with Gasteiger partial charge in [0.25, 0.3) is 0 Å². The van der Waals surface area contributed by atoms with Crippen LogP contribution in [-0.2, 0) is 14.3 Å². The molecule has 0 bridgehead atoms. The lowest BCUT2D eigenvalue weighted by Gasteiger charge is -2.24. The third kappa shape index (κ3) is 16.1. The Morgan fingerprint density at radius 1 is 0.742 bits per heavy atom. The molecular formula is C26H51NO4. The van der Waals surface area contributed by atoms with Crippen LogP contribution in [0.25, 0.3) is 0 Å². The molecular weight excluding hydrogens is 390 g/mol. The van der Waals surface area contributed by atoms with E-state index in [2.05, 4.69) is 20.8 Å². The second-order valence-electron chi connectivity index (χ2n) is 8.98. The normalized spacial score (nSPS) is 12.9. The van der Waals surface area contributed by atoms with Gasteiger partial charge < -0.3 is 9.47 Å². The minimum Gasteiger partial charge on any atom is -0.464 e. The Hall–Kier alpha value is -1.26. The average Bonchev–Trinajstić information content (AvgIpc) is 2.78. The molecule has 0 aliphatic carbocycles. The Bertz CT molecular complexity index is 441. The van der Waals surface area contributed by atoms with Gasteiger partial charge in [0.2, 0.25) is 0 Å². The number of likely N-dealkylation sites (N-methyl/N-ethyl adjacent to an activating group) is 1. The lowest BCUT2D eigenvalue weighted by Crippen LogP contribution is -2.42. The van der Waals surface area contributed by atoms with Crippen molar-refractivity contribution in [2.24, 2.45) is 5.92 Å². The fraction of sp³-hybridized carbons (Fsp3) is 0.923. The smallest absolute Gasteiger partial charge is 0.410 e. The number of hydrogen-bond acceptors (Lipinski definition) is 4. The van der Waals surface area contributed by atoms with Gasteiger partial charge in [0.15, 0.2) is 0 Å². The van der Waals surface area contributed by atoms with Crippen LogP contribution in [0.1, 0.15) is 124 Å². The van der Waals surface area contributed by atoms with Crippen LogP contribution in [0.15, 0.2) is 0 Å². The molecule has 1 amide bonds. The molecule has 0 radical (unpaired) electrons. The maximum Gasteiger partial charge on any atom is 0.410 e. The number of amides is 1. The van der Waals surface area contributed by atoms with E-state index in [1.54, 1.807) is 14.0 Å². The van der Waals surface area contributed by atoms with Crippen molar-refractivity contribution in [1.82, 2.24) is 4.90 Å². The summed E-state index contributed by atoms with van der Waals surface area (Å²) in [6.45, 7) is 9.07. The largest absolute Gasteiger partial charge is 0.464 e. The second kappa shape index (κ2) is 20.6. The van der Waals surface area contributed by atoms with E-state index in [1.165, 1.54) is 62.7 Å². The molecule has 0 spiro atoms. The molecule has 184 valence electrons. The SMILES string of the molecule is CCCCCCCCCCCCCOC(=O)C(C)N(C)C(=O)OCC(CC)CCCC. The molecule has 5 nitrogen and oxygen atoms in total. The van der Waals surface area contributed by atoms with Gasteiger partial charge in [-0.1, -0.05) is 104 Å². The summed E-state index contributed by atoms with van der Waals surface area (Å²) in [5.41, 5.74) is 0. The van der Waals surface area contributed by atoms with Crippen LogP contribution < -0.4 is 0 Å². The molecule has 0 fully saturated rings. The van der Waals surface area contributed by atoms with Gasteiger partial charge in [-0.25, -0.2) is 9.59 Å². The Kier molecular flexibility index (Phi) is 19.8. The van der Waals surface area contributed by atoms with Crippen LogP contribution in [0, 0.1) is 5.92 Å². The molecule has 5 heteroatoms. The van der Waals surface area contributed by atoms with Crippen molar-refractivity contribution >= 4 is 12.1 Å². The number of carbonyl (C=O) groups excluding carboxylic acids is 2.